The predicted octanol–water partition coefficient (Wildman–Crippen LogP) is 2.27. The standard InChI is InChI=1S/C18H23NO3/c1-14-2-4-15(5-3-14)10-11-19-12-17(21)13-22-18-8-6-16(20)7-9-18/h2-9,17,19-21H,10-13H2,1H3. The molecule has 0 heterocycles. The minimum Gasteiger partial charge on any atom is -0.508 e. The lowest BCUT2D eigenvalue weighted by Gasteiger charge is -2.13. The van der Waals surface area contributed by atoms with Gasteiger partial charge in [-0.05, 0) is 49.7 Å². The van der Waals surface area contributed by atoms with Crippen molar-refractivity contribution < 1.29 is 14.9 Å². The number of aryl methyl sites for hydroxylation is 1. The van der Waals surface area contributed by atoms with Gasteiger partial charge in [-0.2, -0.15) is 0 Å². The van der Waals surface area contributed by atoms with E-state index in [0.717, 1.165) is 13.0 Å². The monoisotopic (exact) mass is 301 g/mol. The Bertz CT molecular complexity index is 552. The van der Waals surface area contributed by atoms with E-state index in [0.29, 0.717) is 12.3 Å². The Hall–Kier alpha value is -2.04. The number of phenolic OH excluding ortho intramolecular Hbond substituents is 1. The van der Waals surface area contributed by atoms with E-state index >= 15 is 0 Å². The van der Waals surface area contributed by atoms with Crippen LogP contribution in [0, 0.1) is 6.92 Å². The first-order valence-corrected chi connectivity index (χ1v) is 7.49. The number of ether oxygens (including phenoxy) is 1. The summed E-state index contributed by atoms with van der Waals surface area (Å²) in [5.41, 5.74) is 2.55. The first-order chi connectivity index (χ1) is 10.6. The van der Waals surface area contributed by atoms with Crippen LogP contribution in [0.15, 0.2) is 48.5 Å². The van der Waals surface area contributed by atoms with E-state index < -0.39 is 6.10 Å². The third kappa shape index (κ3) is 5.76. The summed E-state index contributed by atoms with van der Waals surface area (Å²) in [6.07, 6.45) is 0.373. The van der Waals surface area contributed by atoms with E-state index in [2.05, 4.69) is 36.5 Å². The van der Waals surface area contributed by atoms with Crippen molar-refractivity contribution in [2.45, 2.75) is 19.4 Å². The summed E-state index contributed by atoms with van der Waals surface area (Å²) in [4.78, 5) is 0. The lowest BCUT2D eigenvalue weighted by atomic mass is 10.1. The molecule has 0 aliphatic rings. The zero-order chi connectivity index (χ0) is 15.8. The van der Waals surface area contributed by atoms with Crippen molar-refractivity contribution in [1.82, 2.24) is 5.32 Å². The fraction of sp³-hybridized carbons (Fsp3) is 0.333. The normalized spacial score (nSPS) is 12.1. The third-order valence-corrected chi connectivity index (χ3v) is 3.37. The molecule has 0 fully saturated rings. The molecule has 0 saturated carbocycles. The molecular formula is C18H23NO3. The van der Waals surface area contributed by atoms with Crippen LogP contribution < -0.4 is 10.1 Å². The fourth-order valence-corrected chi connectivity index (χ4v) is 2.05. The first kappa shape index (κ1) is 16.3. The summed E-state index contributed by atoms with van der Waals surface area (Å²) < 4.78 is 5.45. The molecule has 118 valence electrons. The zero-order valence-electron chi connectivity index (χ0n) is 12.8. The van der Waals surface area contributed by atoms with Crippen LogP contribution in [-0.2, 0) is 6.42 Å². The molecule has 0 saturated heterocycles. The van der Waals surface area contributed by atoms with Gasteiger partial charge in [0.05, 0.1) is 0 Å². The van der Waals surface area contributed by atoms with Crippen LogP contribution in [-0.4, -0.2) is 36.0 Å². The van der Waals surface area contributed by atoms with E-state index in [9.17, 15) is 10.2 Å². The molecule has 0 aromatic heterocycles. The second-order valence-electron chi connectivity index (χ2n) is 5.40. The number of rotatable bonds is 8. The Morgan fingerprint density at radius 1 is 1.05 bits per heavy atom. The maximum absolute atomic E-state index is 9.86. The lowest BCUT2D eigenvalue weighted by Crippen LogP contribution is -2.32. The molecule has 1 unspecified atom stereocenters. The van der Waals surface area contributed by atoms with Crippen LogP contribution in [0.4, 0.5) is 0 Å². The Kier molecular flexibility index (Phi) is 6.25. The molecular weight excluding hydrogens is 278 g/mol. The van der Waals surface area contributed by atoms with Gasteiger partial charge in [-0.25, -0.2) is 0 Å². The highest BCUT2D eigenvalue weighted by Gasteiger charge is 2.05. The van der Waals surface area contributed by atoms with E-state index in [4.69, 9.17) is 4.74 Å². The average molecular weight is 301 g/mol. The van der Waals surface area contributed by atoms with Gasteiger partial charge < -0.3 is 20.3 Å². The minimum absolute atomic E-state index is 0.200. The van der Waals surface area contributed by atoms with Crippen molar-refractivity contribution >= 4 is 0 Å². The molecule has 0 aliphatic carbocycles. The van der Waals surface area contributed by atoms with Crippen molar-refractivity contribution in [1.29, 1.82) is 0 Å². The summed E-state index contributed by atoms with van der Waals surface area (Å²) >= 11 is 0. The minimum atomic E-state index is -0.563. The van der Waals surface area contributed by atoms with Crippen LogP contribution in [0.3, 0.4) is 0 Å². The van der Waals surface area contributed by atoms with Gasteiger partial charge in [0.1, 0.15) is 24.2 Å². The SMILES string of the molecule is Cc1ccc(CCNCC(O)COc2ccc(O)cc2)cc1. The van der Waals surface area contributed by atoms with Gasteiger partial charge >= 0.3 is 0 Å². The molecule has 4 heteroatoms. The summed E-state index contributed by atoms with van der Waals surface area (Å²) in [7, 11) is 0. The molecule has 2 aromatic carbocycles. The van der Waals surface area contributed by atoms with Crippen LogP contribution in [0.5, 0.6) is 11.5 Å². The van der Waals surface area contributed by atoms with Crippen LogP contribution in [0.25, 0.3) is 0 Å². The van der Waals surface area contributed by atoms with E-state index in [1.54, 1.807) is 24.3 Å². The Labute approximate surface area is 131 Å². The lowest BCUT2D eigenvalue weighted by molar-refractivity contribution is 0.106. The number of aliphatic hydroxyl groups is 1. The molecule has 4 nitrogen and oxygen atoms in total. The van der Waals surface area contributed by atoms with Crippen molar-refractivity contribution in [2.24, 2.45) is 0 Å². The average Bonchev–Trinajstić information content (AvgIpc) is 2.53. The Morgan fingerprint density at radius 2 is 1.73 bits per heavy atom. The number of hydrogen-bond acceptors (Lipinski definition) is 4. The second kappa shape index (κ2) is 8.41. The van der Waals surface area contributed by atoms with E-state index in [-0.39, 0.29) is 12.4 Å². The molecule has 2 aromatic rings. The van der Waals surface area contributed by atoms with Gasteiger partial charge in [0.2, 0.25) is 0 Å². The Balaban J connectivity index is 1.60. The van der Waals surface area contributed by atoms with Gasteiger partial charge in [0.25, 0.3) is 0 Å². The summed E-state index contributed by atoms with van der Waals surface area (Å²) in [5.74, 6) is 0.835. The zero-order valence-corrected chi connectivity index (χ0v) is 12.8. The number of nitrogens with one attached hydrogen (secondary N) is 1. The molecule has 22 heavy (non-hydrogen) atoms. The van der Waals surface area contributed by atoms with Gasteiger partial charge in [-0.1, -0.05) is 29.8 Å². The maximum atomic E-state index is 9.86. The number of aliphatic hydroxyl groups excluding tert-OH is 1. The largest absolute Gasteiger partial charge is 0.508 e. The fourth-order valence-electron chi connectivity index (χ4n) is 2.05. The van der Waals surface area contributed by atoms with Gasteiger partial charge in [-0.3, -0.25) is 0 Å². The third-order valence-electron chi connectivity index (χ3n) is 3.37. The van der Waals surface area contributed by atoms with E-state index in [1.165, 1.54) is 11.1 Å². The van der Waals surface area contributed by atoms with Crippen molar-refractivity contribution in [2.75, 3.05) is 19.7 Å². The van der Waals surface area contributed by atoms with Crippen LogP contribution in [0.2, 0.25) is 0 Å². The van der Waals surface area contributed by atoms with Crippen LogP contribution >= 0.6 is 0 Å². The molecule has 0 aliphatic heterocycles. The second-order valence-corrected chi connectivity index (χ2v) is 5.40. The molecule has 0 bridgehead atoms. The van der Waals surface area contributed by atoms with Crippen molar-refractivity contribution in [3.05, 3.63) is 59.7 Å². The summed E-state index contributed by atoms with van der Waals surface area (Å²) in [6.45, 7) is 3.61. The van der Waals surface area contributed by atoms with E-state index in [1.807, 2.05) is 0 Å². The molecule has 3 N–H and O–H groups in total. The predicted molar refractivity (Wildman–Crippen MR) is 87.4 cm³/mol. The van der Waals surface area contributed by atoms with Crippen LogP contribution in [0.1, 0.15) is 11.1 Å². The van der Waals surface area contributed by atoms with Gasteiger partial charge in [0, 0.05) is 6.54 Å². The van der Waals surface area contributed by atoms with Crippen molar-refractivity contribution in [3.8, 4) is 11.5 Å². The molecule has 2 rings (SSSR count). The molecule has 0 radical (unpaired) electrons. The highest BCUT2D eigenvalue weighted by atomic mass is 16.5. The topological polar surface area (TPSA) is 61.7 Å². The Morgan fingerprint density at radius 3 is 2.41 bits per heavy atom. The first-order valence-electron chi connectivity index (χ1n) is 7.49. The number of hydrogen-bond donors (Lipinski definition) is 3. The number of aromatic hydroxyl groups is 1. The molecule has 1 atom stereocenters. The quantitative estimate of drug-likeness (QED) is 0.655. The highest BCUT2D eigenvalue weighted by Crippen LogP contribution is 2.15. The number of phenols is 1. The smallest absolute Gasteiger partial charge is 0.119 e. The highest BCUT2D eigenvalue weighted by molar-refractivity contribution is 5.30. The van der Waals surface area contributed by atoms with Gasteiger partial charge in [-0.15, -0.1) is 0 Å². The maximum Gasteiger partial charge on any atom is 0.119 e. The van der Waals surface area contributed by atoms with Gasteiger partial charge in [0.15, 0.2) is 0 Å². The molecule has 0 spiro atoms. The van der Waals surface area contributed by atoms with Crippen molar-refractivity contribution in [3.63, 3.8) is 0 Å². The number of benzene rings is 2. The molecule has 0 amide bonds. The summed E-state index contributed by atoms with van der Waals surface area (Å²) in [5, 5.41) is 22.3. The summed E-state index contributed by atoms with van der Waals surface area (Å²) in [6, 6.07) is 14.9.